The van der Waals surface area contributed by atoms with Crippen LogP contribution in [0.4, 0.5) is 5.95 Å². The number of nitrogens with zero attached hydrogens (tertiary/aromatic N) is 2. The van der Waals surface area contributed by atoms with Crippen molar-refractivity contribution in [2.75, 3.05) is 5.73 Å². The zero-order valence-corrected chi connectivity index (χ0v) is 10.5. The van der Waals surface area contributed by atoms with E-state index in [9.17, 15) is 0 Å². The molecule has 0 aliphatic heterocycles. The number of anilines is 1. The summed E-state index contributed by atoms with van der Waals surface area (Å²) in [6.07, 6.45) is 6.77. The number of H-pyrrole nitrogens is 1. The van der Waals surface area contributed by atoms with E-state index in [-0.39, 0.29) is 5.95 Å². The average Bonchev–Trinajstić information content (AvgIpc) is 2.80. The van der Waals surface area contributed by atoms with Gasteiger partial charge in [-0.3, -0.25) is 0 Å². The Kier molecular flexibility index (Phi) is 3.64. The number of halogens is 1. The van der Waals surface area contributed by atoms with Gasteiger partial charge < -0.3 is 10.7 Å². The van der Waals surface area contributed by atoms with Gasteiger partial charge in [0.25, 0.3) is 0 Å². The maximum absolute atomic E-state index is 6.15. The van der Waals surface area contributed by atoms with Crippen LogP contribution in [0.2, 0.25) is 5.15 Å². The Morgan fingerprint density at radius 3 is 2.88 bits per heavy atom. The zero-order chi connectivity index (χ0) is 12.3. The molecule has 2 rings (SSSR count). The third-order valence-electron chi connectivity index (χ3n) is 2.63. The fourth-order valence-electron chi connectivity index (χ4n) is 1.76. The van der Waals surface area contributed by atoms with E-state index in [0.29, 0.717) is 5.15 Å². The Balaban J connectivity index is 2.47. The highest BCUT2D eigenvalue weighted by Gasteiger charge is 2.13. The van der Waals surface area contributed by atoms with Gasteiger partial charge in [0.2, 0.25) is 5.95 Å². The number of nitrogens with one attached hydrogen (secondary N) is 1. The molecule has 0 bridgehead atoms. The zero-order valence-electron chi connectivity index (χ0n) is 9.70. The van der Waals surface area contributed by atoms with Gasteiger partial charge in [0.05, 0.1) is 5.69 Å². The number of aromatic amines is 1. The summed E-state index contributed by atoms with van der Waals surface area (Å²) in [7, 11) is 0. The van der Waals surface area contributed by atoms with Gasteiger partial charge in [-0.2, -0.15) is 0 Å². The van der Waals surface area contributed by atoms with E-state index in [0.717, 1.165) is 36.1 Å². The topological polar surface area (TPSA) is 67.6 Å². The molecule has 0 radical (unpaired) electrons. The molecule has 2 heterocycles. The number of hydrogen-bond acceptors (Lipinski definition) is 3. The molecule has 17 heavy (non-hydrogen) atoms. The number of rotatable bonds is 4. The second-order valence-corrected chi connectivity index (χ2v) is 4.26. The molecule has 0 atom stereocenters. The molecule has 5 heteroatoms. The second kappa shape index (κ2) is 5.19. The van der Waals surface area contributed by atoms with Crippen molar-refractivity contribution in [1.29, 1.82) is 0 Å². The number of hydrogen-bond donors (Lipinski definition) is 2. The predicted octanol–water partition coefficient (Wildman–Crippen LogP) is 3.05. The highest BCUT2D eigenvalue weighted by atomic mass is 35.5. The first-order chi connectivity index (χ1) is 8.22. The third kappa shape index (κ3) is 2.58. The van der Waals surface area contributed by atoms with Crippen molar-refractivity contribution in [3.05, 3.63) is 29.2 Å². The number of aromatic nitrogens is 3. The van der Waals surface area contributed by atoms with Crippen molar-refractivity contribution in [3.63, 3.8) is 0 Å². The lowest BCUT2D eigenvalue weighted by molar-refractivity contribution is 0.790. The highest BCUT2D eigenvalue weighted by Crippen LogP contribution is 2.28. The minimum atomic E-state index is 0.214. The molecule has 2 aromatic rings. The van der Waals surface area contributed by atoms with Crippen LogP contribution in [0.1, 0.15) is 25.3 Å². The van der Waals surface area contributed by atoms with Crippen molar-refractivity contribution < 1.29 is 0 Å². The smallest absolute Gasteiger partial charge is 0.222 e. The summed E-state index contributed by atoms with van der Waals surface area (Å²) < 4.78 is 0. The Morgan fingerprint density at radius 1 is 1.41 bits per heavy atom. The van der Waals surface area contributed by atoms with E-state index in [1.165, 1.54) is 0 Å². The summed E-state index contributed by atoms with van der Waals surface area (Å²) in [6.45, 7) is 2.14. The summed E-state index contributed by atoms with van der Waals surface area (Å²) in [5, 5.41) is 0.460. The summed E-state index contributed by atoms with van der Waals surface area (Å²) >= 11 is 6.15. The highest BCUT2D eigenvalue weighted by molar-refractivity contribution is 6.30. The van der Waals surface area contributed by atoms with Crippen LogP contribution in [0.5, 0.6) is 0 Å². The first-order valence-electron chi connectivity index (χ1n) is 5.67. The first-order valence-corrected chi connectivity index (χ1v) is 6.05. The van der Waals surface area contributed by atoms with E-state index in [1.54, 1.807) is 0 Å². The van der Waals surface area contributed by atoms with Crippen LogP contribution in [0.15, 0.2) is 18.5 Å². The van der Waals surface area contributed by atoms with Crippen molar-refractivity contribution in [2.45, 2.75) is 26.2 Å². The van der Waals surface area contributed by atoms with Gasteiger partial charge in [-0.15, -0.1) is 0 Å². The largest absolute Gasteiger partial charge is 0.368 e. The standard InChI is InChI=1S/C12H15ClN4/c1-2-3-4-9-10(8-5-6-15-7-8)16-12(14)17-11(9)13/h5-7,15H,2-4H2,1H3,(H2,14,16,17). The fraction of sp³-hybridized carbons (Fsp3) is 0.333. The van der Waals surface area contributed by atoms with Crippen LogP contribution in [-0.2, 0) is 6.42 Å². The number of unbranched alkanes of at least 4 members (excludes halogenated alkanes) is 1. The Hall–Kier alpha value is -1.55. The lowest BCUT2D eigenvalue weighted by Gasteiger charge is -2.09. The second-order valence-electron chi connectivity index (χ2n) is 3.90. The van der Waals surface area contributed by atoms with Gasteiger partial charge in [0.15, 0.2) is 0 Å². The molecule has 0 aromatic carbocycles. The maximum atomic E-state index is 6.15. The van der Waals surface area contributed by atoms with Gasteiger partial charge in [-0.1, -0.05) is 24.9 Å². The molecule has 0 amide bonds. The van der Waals surface area contributed by atoms with Crippen LogP contribution in [0.3, 0.4) is 0 Å². The van der Waals surface area contributed by atoms with Crippen molar-refractivity contribution in [2.24, 2.45) is 0 Å². The van der Waals surface area contributed by atoms with Gasteiger partial charge in [-0.05, 0) is 18.9 Å². The molecule has 2 aromatic heterocycles. The molecule has 0 saturated carbocycles. The van der Waals surface area contributed by atoms with Crippen molar-refractivity contribution in [1.82, 2.24) is 15.0 Å². The van der Waals surface area contributed by atoms with Crippen LogP contribution >= 0.6 is 11.6 Å². The van der Waals surface area contributed by atoms with Gasteiger partial charge in [0, 0.05) is 23.5 Å². The van der Waals surface area contributed by atoms with E-state index < -0.39 is 0 Å². The van der Waals surface area contributed by atoms with Gasteiger partial charge in [0.1, 0.15) is 5.15 Å². The molecule has 90 valence electrons. The normalized spacial score (nSPS) is 10.7. The Bertz CT molecular complexity index is 493. The molecular formula is C12H15ClN4. The molecule has 3 N–H and O–H groups in total. The van der Waals surface area contributed by atoms with Crippen molar-refractivity contribution >= 4 is 17.5 Å². The third-order valence-corrected chi connectivity index (χ3v) is 2.94. The number of nitrogen functional groups attached to an aromatic ring is 1. The molecule has 0 unspecified atom stereocenters. The van der Waals surface area contributed by atoms with Crippen LogP contribution in [-0.4, -0.2) is 15.0 Å². The monoisotopic (exact) mass is 250 g/mol. The quantitative estimate of drug-likeness (QED) is 0.820. The molecule has 0 aliphatic rings. The Morgan fingerprint density at radius 2 is 2.24 bits per heavy atom. The lowest BCUT2D eigenvalue weighted by atomic mass is 10.1. The van der Waals surface area contributed by atoms with Gasteiger partial charge >= 0.3 is 0 Å². The molecule has 0 fully saturated rings. The Labute approximate surface area is 105 Å². The van der Waals surface area contributed by atoms with Gasteiger partial charge in [-0.25, -0.2) is 9.97 Å². The molecule has 0 saturated heterocycles. The van der Waals surface area contributed by atoms with Crippen LogP contribution in [0.25, 0.3) is 11.3 Å². The van der Waals surface area contributed by atoms with E-state index >= 15 is 0 Å². The molecule has 0 aliphatic carbocycles. The van der Waals surface area contributed by atoms with Crippen LogP contribution in [0, 0.1) is 0 Å². The summed E-state index contributed by atoms with van der Waals surface area (Å²) in [6, 6.07) is 1.95. The fourth-order valence-corrected chi connectivity index (χ4v) is 2.03. The predicted molar refractivity (Wildman–Crippen MR) is 69.9 cm³/mol. The summed E-state index contributed by atoms with van der Waals surface area (Å²) in [5.41, 5.74) is 8.44. The summed E-state index contributed by atoms with van der Waals surface area (Å²) in [5.74, 6) is 0.214. The minimum absolute atomic E-state index is 0.214. The average molecular weight is 251 g/mol. The molecular weight excluding hydrogens is 236 g/mol. The number of nitrogens with two attached hydrogens (primary N) is 1. The molecule has 0 spiro atoms. The van der Waals surface area contributed by atoms with Crippen LogP contribution < -0.4 is 5.73 Å². The van der Waals surface area contributed by atoms with Crippen molar-refractivity contribution in [3.8, 4) is 11.3 Å². The maximum Gasteiger partial charge on any atom is 0.222 e. The first kappa shape index (κ1) is 11.9. The SMILES string of the molecule is CCCCc1c(Cl)nc(N)nc1-c1cc[nH]c1. The van der Waals surface area contributed by atoms with E-state index in [1.807, 2.05) is 18.5 Å². The summed E-state index contributed by atoms with van der Waals surface area (Å²) in [4.78, 5) is 11.3. The van der Waals surface area contributed by atoms with E-state index in [4.69, 9.17) is 17.3 Å². The minimum Gasteiger partial charge on any atom is -0.368 e. The molecule has 4 nitrogen and oxygen atoms in total. The lowest BCUT2D eigenvalue weighted by Crippen LogP contribution is -2.02. The van der Waals surface area contributed by atoms with E-state index in [2.05, 4.69) is 21.9 Å².